The number of nitrogens with zero attached hydrogens (tertiary/aromatic N) is 2. The number of aryl methyl sites for hydroxylation is 2. The van der Waals surface area contributed by atoms with E-state index in [1.54, 1.807) is 0 Å². The van der Waals surface area contributed by atoms with E-state index in [0.29, 0.717) is 12.0 Å². The molecule has 1 heterocycles. The van der Waals surface area contributed by atoms with Crippen molar-refractivity contribution < 1.29 is 4.79 Å². The average molecular weight is 296 g/mol. The summed E-state index contributed by atoms with van der Waals surface area (Å²) in [7, 11) is 1.92. The van der Waals surface area contributed by atoms with Gasteiger partial charge in [-0.25, -0.2) is 0 Å². The molecule has 0 radical (unpaired) electrons. The van der Waals surface area contributed by atoms with Crippen molar-refractivity contribution in [2.24, 2.45) is 5.92 Å². The number of carbonyl (C=O) groups is 1. The molecule has 1 aliphatic rings. The highest BCUT2D eigenvalue weighted by molar-refractivity contribution is 5.94. The van der Waals surface area contributed by atoms with Crippen molar-refractivity contribution in [2.75, 3.05) is 7.05 Å². The van der Waals surface area contributed by atoms with E-state index in [2.05, 4.69) is 37.5 Å². The number of benzene rings is 1. The maximum absolute atomic E-state index is 12.6. The van der Waals surface area contributed by atoms with Crippen molar-refractivity contribution in [1.29, 1.82) is 0 Å². The number of rotatable bonds is 4. The van der Waals surface area contributed by atoms with Gasteiger partial charge < -0.3 is 9.47 Å². The third kappa shape index (κ3) is 2.68. The molecule has 0 spiro atoms. The Morgan fingerprint density at radius 3 is 2.14 bits per heavy atom. The molecule has 1 atom stereocenters. The monoisotopic (exact) mass is 296 g/mol. The third-order valence-electron chi connectivity index (χ3n) is 4.88. The molecule has 0 saturated heterocycles. The third-order valence-corrected chi connectivity index (χ3v) is 4.88. The van der Waals surface area contributed by atoms with Crippen LogP contribution in [0.5, 0.6) is 0 Å². The van der Waals surface area contributed by atoms with Crippen molar-refractivity contribution in [3.8, 4) is 5.69 Å². The Hall–Kier alpha value is -2.03. The zero-order chi connectivity index (χ0) is 15.9. The second-order valence-electron chi connectivity index (χ2n) is 6.49. The Morgan fingerprint density at radius 2 is 1.64 bits per heavy atom. The van der Waals surface area contributed by atoms with Crippen LogP contribution in [0.25, 0.3) is 5.69 Å². The zero-order valence-electron chi connectivity index (χ0n) is 13.8. The van der Waals surface area contributed by atoms with Crippen molar-refractivity contribution in [1.82, 2.24) is 9.47 Å². The average Bonchev–Trinajstić information content (AvgIpc) is 3.31. The highest BCUT2D eigenvalue weighted by atomic mass is 16.2. The van der Waals surface area contributed by atoms with Gasteiger partial charge in [-0.3, -0.25) is 4.79 Å². The highest BCUT2D eigenvalue weighted by Gasteiger charge is 2.32. The molecule has 1 aliphatic carbocycles. The number of aromatic nitrogens is 1. The lowest BCUT2D eigenvalue weighted by molar-refractivity contribution is 0.0727. The molecular formula is C19H24N2O. The zero-order valence-corrected chi connectivity index (χ0v) is 13.8. The summed E-state index contributed by atoms with van der Waals surface area (Å²) in [6.07, 6.45) is 2.51. The molecular weight excluding hydrogens is 272 g/mol. The number of amides is 1. The highest BCUT2D eigenvalue weighted by Crippen LogP contribution is 2.35. The second-order valence-corrected chi connectivity index (χ2v) is 6.49. The first kappa shape index (κ1) is 14.9. The fourth-order valence-electron chi connectivity index (χ4n) is 3.11. The van der Waals surface area contributed by atoms with Crippen molar-refractivity contribution in [3.05, 3.63) is 53.3 Å². The first-order valence-corrected chi connectivity index (χ1v) is 8.01. The molecule has 1 aromatic heterocycles. The standard InChI is InChI=1S/C19H24N2O/c1-13-5-6-14(2)21(13)18-11-9-17(10-12-18)19(22)20(4)15(3)16-7-8-16/h5-6,9-12,15-16H,7-8H2,1-4H3. The lowest BCUT2D eigenvalue weighted by Crippen LogP contribution is -2.36. The maximum atomic E-state index is 12.6. The van der Waals surface area contributed by atoms with Crippen LogP contribution in [-0.4, -0.2) is 28.5 Å². The van der Waals surface area contributed by atoms with Gasteiger partial charge in [0.2, 0.25) is 0 Å². The largest absolute Gasteiger partial charge is 0.339 e. The number of carbonyl (C=O) groups excluding carboxylic acids is 1. The molecule has 1 saturated carbocycles. The van der Waals surface area contributed by atoms with E-state index in [0.717, 1.165) is 11.3 Å². The lowest BCUT2D eigenvalue weighted by Gasteiger charge is -2.25. The van der Waals surface area contributed by atoms with Gasteiger partial charge in [-0.05, 0) is 75.9 Å². The molecule has 1 fully saturated rings. The summed E-state index contributed by atoms with van der Waals surface area (Å²) < 4.78 is 2.20. The molecule has 1 amide bonds. The summed E-state index contributed by atoms with van der Waals surface area (Å²) in [5, 5.41) is 0. The minimum Gasteiger partial charge on any atom is -0.339 e. The number of hydrogen-bond donors (Lipinski definition) is 0. The summed E-state index contributed by atoms with van der Waals surface area (Å²) >= 11 is 0. The Balaban J connectivity index is 1.80. The second kappa shape index (κ2) is 5.64. The fourth-order valence-corrected chi connectivity index (χ4v) is 3.11. The molecule has 0 N–H and O–H groups in total. The van der Waals surface area contributed by atoms with Gasteiger partial charge in [0.25, 0.3) is 5.91 Å². The summed E-state index contributed by atoms with van der Waals surface area (Å²) in [5.41, 5.74) is 4.28. The van der Waals surface area contributed by atoms with Crippen molar-refractivity contribution in [3.63, 3.8) is 0 Å². The maximum Gasteiger partial charge on any atom is 0.253 e. The predicted molar refractivity (Wildman–Crippen MR) is 89.5 cm³/mol. The van der Waals surface area contributed by atoms with Crippen LogP contribution in [0.1, 0.15) is 41.5 Å². The molecule has 22 heavy (non-hydrogen) atoms. The van der Waals surface area contributed by atoms with Crippen LogP contribution in [0, 0.1) is 19.8 Å². The minimum absolute atomic E-state index is 0.118. The van der Waals surface area contributed by atoms with E-state index in [1.165, 1.54) is 24.2 Å². The van der Waals surface area contributed by atoms with E-state index < -0.39 is 0 Å². The molecule has 3 nitrogen and oxygen atoms in total. The molecule has 1 unspecified atom stereocenters. The Labute approximate surface area is 132 Å². The van der Waals surface area contributed by atoms with E-state index >= 15 is 0 Å². The summed E-state index contributed by atoms with van der Waals surface area (Å²) in [6, 6.07) is 12.5. The van der Waals surface area contributed by atoms with Crippen LogP contribution in [0.15, 0.2) is 36.4 Å². The van der Waals surface area contributed by atoms with Gasteiger partial charge in [0.15, 0.2) is 0 Å². The topological polar surface area (TPSA) is 25.2 Å². The van der Waals surface area contributed by atoms with Crippen LogP contribution in [0.2, 0.25) is 0 Å². The smallest absolute Gasteiger partial charge is 0.253 e. The van der Waals surface area contributed by atoms with Gasteiger partial charge in [-0.15, -0.1) is 0 Å². The molecule has 0 bridgehead atoms. The minimum atomic E-state index is 0.118. The fraction of sp³-hybridized carbons (Fsp3) is 0.421. The molecule has 116 valence electrons. The molecule has 2 aromatic rings. The van der Waals surface area contributed by atoms with Crippen LogP contribution < -0.4 is 0 Å². The van der Waals surface area contributed by atoms with E-state index in [4.69, 9.17) is 0 Å². The lowest BCUT2D eigenvalue weighted by atomic mass is 10.1. The van der Waals surface area contributed by atoms with E-state index in [1.807, 2.05) is 36.2 Å². The quantitative estimate of drug-likeness (QED) is 0.838. The van der Waals surface area contributed by atoms with Crippen LogP contribution in [-0.2, 0) is 0 Å². The van der Waals surface area contributed by atoms with Gasteiger partial charge in [-0.2, -0.15) is 0 Å². The molecule has 0 aliphatic heterocycles. The van der Waals surface area contributed by atoms with E-state index in [9.17, 15) is 4.79 Å². The van der Waals surface area contributed by atoms with Gasteiger partial charge in [0, 0.05) is 35.7 Å². The van der Waals surface area contributed by atoms with Gasteiger partial charge >= 0.3 is 0 Å². The summed E-state index contributed by atoms with van der Waals surface area (Å²) in [6.45, 7) is 6.34. The van der Waals surface area contributed by atoms with Gasteiger partial charge in [0.1, 0.15) is 0 Å². The van der Waals surface area contributed by atoms with Gasteiger partial charge in [-0.1, -0.05) is 0 Å². The van der Waals surface area contributed by atoms with Crippen LogP contribution in [0.3, 0.4) is 0 Å². The number of hydrogen-bond acceptors (Lipinski definition) is 1. The van der Waals surface area contributed by atoms with Crippen LogP contribution >= 0.6 is 0 Å². The Kier molecular flexibility index (Phi) is 3.81. The molecule has 3 heteroatoms. The van der Waals surface area contributed by atoms with E-state index in [-0.39, 0.29) is 5.91 Å². The SMILES string of the molecule is Cc1ccc(C)n1-c1ccc(C(=O)N(C)C(C)C2CC2)cc1. The first-order valence-electron chi connectivity index (χ1n) is 8.01. The summed E-state index contributed by atoms with van der Waals surface area (Å²) in [5.74, 6) is 0.810. The van der Waals surface area contributed by atoms with Gasteiger partial charge in [0.05, 0.1) is 0 Å². The predicted octanol–water partition coefficient (Wildman–Crippen LogP) is 3.96. The Morgan fingerprint density at radius 1 is 1.09 bits per heavy atom. The van der Waals surface area contributed by atoms with Crippen molar-refractivity contribution >= 4 is 5.91 Å². The van der Waals surface area contributed by atoms with Crippen LogP contribution in [0.4, 0.5) is 0 Å². The molecule has 1 aromatic carbocycles. The first-order chi connectivity index (χ1) is 10.5. The Bertz CT molecular complexity index is 660. The summed E-state index contributed by atoms with van der Waals surface area (Å²) in [4.78, 5) is 14.5. The van der Waals surface area contributed by atoms with Crippen molar-refractivity contribution in [2.45, 2.75) is 39.7 Å². The molecule has 3 rings (SSSR count). The normalized spacial score (nSPS) is 15.6.